The van der Waals surface area contributed by atoms with E-state index in [-0.39, 0.29) is 6.29 Å². The van der Waals surface area contributed by atoms with Gasteiger partial charge in [0.2, 0.25) is 0 Å². The predicted molar refractivity (Wildman–Crippen MR) is 51.0 cm³/mol. The maximum absolute atomic E-state index is 4.96. The molecule has 0 heterocycles. The molecular formula is C10H18O2. The number of rotatable bonds is 6. The normalized spacial score (nSPS) is 12.3. The Kier molecular flexibility index (Phi) is 8.07. The third-order valence-corrected chi connectivity index (χ3v) is 1.44. The van der Waals surface area contributed by atoms with Crippen molar-refractivity contribution < 1.29 is 9.47 Å². The summed E-state index contributed by atoms with van der Waals surface area (Å²) in [5.41, 5.74) is 0. The zero-order valence-electron chi connectivity index (χ0n) is 8.12. The van der Waals surface area contributed by atoms with Crippen LogP contribution in [0, 0.1) is 0 Å². The zero-order valence-corrected chi connectivity index (χ0v) is 8.12. The summed E-state index contributed by atoms with van der Waals surface area (Å²) in [6.45, 7) is 2.15. The van der Waals surface area contributed by atoms with E-state index < -0.39 is 0 Å². The number of methoxy groups -OCH3 is 2. The molecule has 0 unspecified atom stereocenters. The van der Waals surface area contributed by atoms with Crippen molar-refractivity contribution in [1.82, 2.24) is 0 Å². The first-order valence-corrected chi connectivity index (χ1v) is 4.24. The van der Waals surface area contributed by atoms with Gasteiger partial charge in [0.1, 0.15) is 0 Å². The molecule has 0 fully saturated rings. The Labute approximate surface area is 74.9 Å². The highest BCUT2D eigenvalue weighted by Crippen LogP contribution is 1.94. The highest BCUT2D eigenvalue weighted by Gasteiger charge is 1.94. The molecule has 70 valence electrons. The highest BCUT2D eigenvalue weighted by molar-refractivity contribution is 5.03. The van der Waals surface area contributed by atoms with Crippen molar-refractivity contribution in [2.75, 3.05) is 14.2 Å². The van der Waals surface area contributed by atoms with E-state index in [0.717, 1.165) is 6.42 Å². The van der Waals surface area contributed by atoms with E-state index in [9.17, 15) is 0 Å². The van der Waals surface area contributed by atoms with Crippen LogP contribution in [0.3, 0.4) is 0 Å². The lowest BCUT2D eigenvalue weighted by Gasteiger charge is -2.06. The molecule has 0 aliphatic rings. The van der Waals surface area contributed by atoms with Crippen LogP contribution in [0.5, 0.6) is 0 Å². The molecule has 0 radical (unpaired) electrons. The Morgan fingerprint density at radius 2 is 1.83 bits per heavy atom. The molecule has 0 saturated carbocycles. The van der Waals surface area contributed by atoms with Crippen LogP contribution >= 0.6 is 0 Å². The minimum absolute atomic E-state index is 0.226. The lowest BCUT2D eigenvalue weighted by Crippen LogP contribution is -2.08. The van der Waals surface area contributed by atoms with Gasteiger partial charge in [-0.1, -0.05) is 31.6 Å². The van der Waals surface area contributed by atoms with E-state index in [1.165, 1.54) is 6.42 Å². The van der Waals surface area contributed by atoms with Crippen LogP contribution in [0.25, 0.3) is 0 Å². The van der Waals surface area contributed by atoms with Gasteiger partial charge in [0.05, 0.1) is 0 Å². The van der Waals surface area contributed by atoms with Crippen molar-refractivity contribution in [3.8, 4) is 0 Å². The minimum atomic E-state index is -0.226. The molecule has 0 aliphatic heterocycles. The number of ether oxygens (including phenoxy) is 2. The number of hydrogen-bond acceptors (Lipinski definition) is 2. The Balaban J connectivity index is 3.58. The van der Waals surface area contributed by atoms with E-state index in [4.69, 9.17) is 9.47 Å². The minimum Gasteiger partial charge on any atom is -0.352 e. The fourth-order valence-electron chi connectivity index (χ4n) is 0.750. The monoisotopic (exact) mass is 170 g/mol. The van der Waals surface area contributed by atoms with Gasteiger partial charge in [-0.3, -0.25) is 0 Å². The van der Waals surface area contributed by atoms with Crippen LogP contribution in [0.1, 0.15) is 19.8 Å². The zero-order chi connectivity index (χ0) is 9.23. The van der Waals surface area contributed by atoms with Crippen molar-refractivity contribution in [3.05, 3.63) is 24.3 Å². The summed E-state index contributed by atoms with van der Waals surface area (Å²) < 4.78 is 9.93. The van der Waals surface area contributed by atoms with Gasteiger partial charge < -0.3 is 9.47 Å². The van der Waals surface area contributed by atoms with Crippen LogP contribution in [-0.2, 0) is 9.47 Å². The number of hydrogen-bond donors (Lipinski definition) is 0. The van der Waals surface area contributed by atoms with Gasteiger partial charge in [-0.05, 0) is 12.5 Å². The fourth-order valence-corrected chi connectivity index (χ4v) is 0.750. The lowest BCUT2D eigenvalue weighted by atomic mass is 10.3. The second-order valence-electron chi connectivity index (χ2n) is 2.44. The van der Waals surface area contributed by atoms with Gasteiger partial charge in [-0.2, -0.15) is 0 Å². The van der Waals surface area contributed by atoms with Crippen molar-refractivity contribution in [2.24, 2.45) is 0 Å². The predicted octanol–water partition coefficient (Wildman–Crippen LogP) is 2.52. The van der Waals surface area contributed by atoms with Crippen molar-refractivity contribution in [1.29, 1.82) is 0 Å². The van der Waals surface area contributed by atoms with E-state index in [1.807, 2.05) is 18.2 Å². The molecule has 0 aliphatic carbocycles. The van der Waals surface area contributed by atoms with Crippen molar-refractivity contribution >= 4 is 0 Å². The second-order valence-corrected chi connectivity index (χ2v) is 2.44. The van der Waals surface area contributed by atoms with Crippen LogP contribution < -0.4 is 0 Å². The average Bonchev–Trinajstić information content (AvgIpc) is 2.11. The Morgan fingerprint density at radius 1 is 1.17 bits per heavy atom. The molecule has 0 aromatic rings. The first-order valence-electron chi connectivity index (χ1n) is 4.24. The summed E-state index contributed by atoms with van der Waals surface area (Å²) in [7, 11) is 3.24. The van der Waals surface area contributed by atoms with Gasteiger partial charge >= 0.3 is 0 Å². The smallest absolute Gasteiger partial charge is 0.176 e. The number of unbranched alkanes of at least 4 members (excludes halogenated alkanes) is 1. The summed E-state index contributed by atoms with van der Waals surface area (Å²) in [5, 5.41) is 0. The molecule has 2 nitrogen and oxygen atoms in total. The molecular weight excluding hydrogens is 152 g/mol. The molecule has 0 spiro atoms. The van der Waals surface area contributed by atoms with Crippen molar-refractivity contribution in [3.63, 3.8) is 0 Å². The molecule has 0 aromatic carbocycles. The average molecular weight is 170 g/mol. The first-order chi connectivity index (χ1) is 5.85. The molecule has 0 bridgehead atoms. The SMILES string of the molecule is CCC/C=C/C=C\C(OC)OC. The van der Waals surface area contributed by atoms with Crippen LogP contribution in [0.4, 0.5) is 0 Å². The molecule has 0 aromatic heterocycles. The largest absolute Gasteiger partial charge is 0.352 e. The topological polar surface area (TPSA) is 18.5 Å². The molecule has 2 heteroatoms. The van der Waals surface area contributed by atoms with Crippen LogP contribution in [0.2, 0.25) is 0 Å². The van der Waals surface area contributed by atoms with Gasteiger partial charge in [0.25, 0.3) is 0 Å². The van der Waals surface area contributed by atoms with Crippen LogP contribution in [-0.4, -0.2) is 20.5 Å². The lowest BCUT2D eigenvalue weighted by molar-refractivity contribution is -0.0666. The Bertz CT molecular complexity index is 135. The van der Waals surface area contributed by atoms with E-state index in [1.54, 1.807) is 14.2 Å². The second kappa shape index (κ2) is 8.50. The highest BCUT2D eigenvalue weighted by atomic mass is 16.7. The fraction of sp³-hybridized carbons (Fsp3) is 0.600. The van der Waals surface area contributed by atoms with Gasteiger partial charge in [0.15, 0.2) is 6.29 Å². The first kappa shape index (κ1) is 11.4. The molecule has 0 saturated heterocycles. The summed E-state index contributed by atoms with van der Waals surface area (Å²) >= 11 is 0. The van der Waals surface area contributed by atoms with E-state index in [2.05, 4.69) is 13.0 Å². The van der Waals surface area contributed by atoms with Crippen molar-refractivity contribution in [2.45, 2.75) is 26.1 Å². The molecule has 0 atom stereocenters. The van der Waals surface area contributed by atoms with E-state index >= 15 is 0 Å². The summed E-state index contributed by atoms with van der Waals surface area (Å²) in [6, 6.07) is 0. The standard InChI is InChI=1S/C10H18O2/c1-4-5-6-7-8-9-10(11-2)12-3/h6-10H,4-5H2,1-3H3/b7-6+,9-8-. The molecule has 0 amide bonds. The third-order valence-electron chi connectivity index (χ3n) is 1.44. The third kappa shape index (κ3) is 6.13. The number of allylic oxidation sites excluding steroid dienone is 3. The maximum atomic E-state index is 4.96. The summed E-state index contributed by atoms with van der Waals surface area (Å²) in [6.07, 6.45) is 10.0. The molecule has 12 heavy (non-hydrogen) atoms. The Morgan fingerprint density at radius 3 is 2.33 bits per heavy atom. The van der Waals surface area contributed by atoms with E-state index in [0.29, 0.717) is 0 Å². The maximum Gasteiger partial charge on any atom is 0.176 e. The Hall–Kier alpha value is -0.600. The molecule has 0 N–H and O–H groups in total. The van der Waals surface area contributed by atoms with Gasteiger partial charge in [-0.25, -0.2) is 0 Å². The molecule has 0 rings (SSSR count). The summed E-state index contributed by atoms with van der Waals surface area (Å²) in [5.74, 6) is 0. The quantitative estimate of drug-likeness (QED) is 0.450. The van der Waals surface area contributed by atoms with Gasteiger partial charge in [-0.15, -0.1) is 0 Å². The van der Waals surface area contributed by atoms with Gasteiger partial charge in [0, 0.05) is 14.2 Å². The van der Waals surface area contributed by atoms with Crippen LogP contribution in [0.15, 0.2) is 24.3 Å². The summed E-state index contributed by atoms with van der Waals surface area (Å²) in [4.78, 5) is 0.